The Bertz CT molecular complexity index is 462. The van der Waals surface area contributed by atoms with Crippen molar-refractivity contribution in [2.24, 2.45) is 0 Å². The van der Waals surface area contributed by atoms with Crippen LogP contribution in [0, 0.1) is 6.92 Å². The predicted molar refractivity (Wildman–Crippen MR) is 93.5 cm³/mol. The van der Waals surface area contributed by atoms with Crippen molar-refractivity contribution < 1.29 is 14.3 Å². The van der Waals surface area contributed by atoms with Crippen molar-refractivity contribution in [3.63, 3.8) is 0 Å². The van der Waals surface area contributed by atoms with Gasteiger partial charge < -0.3 is 9.53 Å². The minimum atomic E-state index is -0.519. The maximum Gasteiger partial charge on any atom is 0.412 e. The summed E-state index contributed by atoms with van der Waals surface area (Å²) in [5.74, 6) is 0. The topological polar surface area (TPSA) is 55.4 Å². The molecule has 0 spiro atoms. The summed E-state index contributed by atoms with van der Waals surface area (Å²) in [6, 6.07) is 5.62. The predicted octanol–water partition coefficient (Wildman–Crippen LogP) is 5.14. The second-order valence-corrected chi connectivity index (χ2v) is 5.47. The fourth-order valence-corrected chi connectivity index (χ4v) is 1.65. The molecule has 0 fully saturated rings. The SMILES string of the molecule is C.CC.Cc1ccc(NC(=O)OC(C)(C)C)cc1CCC=O. The minimum absolute atomic E-state index is 0. The Labute approximate surface area is 135 Å². The average Bonchev–Trinajstić information content (AvgIpc) is 2.39. The quantitative estimate of drug-likeness (QED) is 0.784. The van der Waals surface area contributed by atoms with Crippen molar-refractivity contribution >= 4 is 18.1 Å². The zero-order valence-corrected chi connectivity index (χ0v) is 13.9. The van der Waals surface area contributed by atoms with Crippen molar-refractivity contribution in [3.05, 3.63) is 29.3 Å². The highest BCUT2D eigenvalue weighted by atomic mass is 16.6. The molecule has 1 rings (SSSR count). The van der Waals surface area contributed by atoms with Crippen molar-refractivity contribution in [1.82, 2.24) is 0 Å². The molecule has 22 heavy (non-hydrogen) atoms. The molecular weight excluding hydrogens is 278 g/mol. The highest BCUT2D eigenvalue weighted by molar-refractivity contribution is 5.85. The summed E-state index contributed by atoms with van der Waals surface area (Å²) in [4.78, 5) is 22.1. The number of hydrogen-bond acceptors (Lipinski definition) is 3. The van der Waals surface area contributed by atoms with Crippen molar-refractivity contribution in [1.29, 1.82) is 0 Å². The smallest absolute Gasteiger partial charge is 0.412 e. The summed E-state index contributed by atoms with van der Waals surface area (Å²) < 4.78 is 5.19. The van der Waals surface area contributed by atoms with Crippen LogP contribution < -0.4 is 5.32 Å². The molecule has 0 saturated heterocycles. The minimum Gasteiger partial charge on any atom is -0.444 e. The lowest BCUT2D eigenvalue weighted by molar-refractivity contribution is -0.107. The normalized spacial score (nSPS) is 9.73. The lowest BCUT2D eigenvalue weighted by Crippen LogP contribution is -2.27. The molecule has 1 N–H and O–H groups in total. The van der Waals surface area contributed by atoms with Gasteiger partial charge in [0, 0.05) is 12.1 Å². The second-order valence-electron chi connectivity index (χ2n) is 5.47. The molecule has 4 heteroatoms. The maximum absolute atomic E-state index is 11.6. The standard InChI is InChI=1S/C15H21NO3.C2H6.CH4/c1-11-7-8-13(10-12(11)6-5-9-17)16-14(18)19-15(2,3)4;1-2;/h7-10H,5-6H2,1-4H3,(H,16,18);1-2H3;1H4. The highest BCUT2D eigenvalue weighted by Crippen LogP contribution is 2.18. The lowest BCUT2D eigenvalue weighted by atomic mass is 10.0. The first-order valence-electron chi connectivity index (χ1n) is 7.35. The van der Waals surface area contributed by atoms with Gasteiger partial charge >= 0.3 is 6.09 Å². The van der Waals surface area contributed by atoms with Gasteiger partial charge in [0.1, 0.15) is 11.9 Å². The van der Waals surface area contributed by atoms with E-state index in [0.717, 1.165) is 17.4 Å². The van der Waals surface area contributed by atoms with E-state index in [9.17, 15) is 9.59 Å². The fraction of sp³-hybridized carbons (Fsp3) is 0.556. The Morgan fingerprint density at radius 2 is 1.86 bits per heavy atom. The van der Waals surface area contributed by atoms with Crippen LogP contribution in [-0.2, 0) is 16.0 Å². The van der Waals surface area contributed by atoms with Gasteiger partial charge in [0.2, 0.25) is 0 Å². The average molecular weight is 309 g/mol. The third-order valence-corrected chi connectivity index (χ3v) is 2.53. The van der Waals surface area contributed by atoms with Crippen LogP contribution in [0.4, 0.5) is 10.5 Å². The van der Waals surface area contributed by atoms with E-state index in [2.05, 4.69) is 5.32 Å². The van der Waals surface area contributed by atoms with Gasteiger partial charge in [-0.3, -0.25) is 5.32 Å². The number of hydrogen-bond donors (Lipinski definition) is 1. The zero-order chi connectivity index (χ0) is 16.5. The van der Waals surface area contributed by atoms with E-state index in [1.54, 1.807) is 0 Å². The van der Waals surface area contributed by atoms with E-state index >= 15 is 0 Å². The number of ether oxygens (including phenoxy) is 1. The van der Waals surface area contributed by atoms with Gasteiger partial charge in [-0.2, -0.15) is 0 Å². The Hall–Kier alpha value is -1.84. The van der Waals surface area contributed by atoms with Crippen LogP contribution in [0.25, 0.3) is 0 Å². The fourth-order valence-electron chi connectivity index (χ4n) is 1.65. The molecule has 1 aromatic rings. The molecule has 0 saturated carbocycles. The molecule has 0 radical (unpaired) electrons. The van der Waals surface area contributed by atoms with Crippen LogP contribution in [0.5, 0.6) is 0 Å². The third kappa shape index (κ3) is 9.16. The molecule has 0 aromatic heterocycles. The van der Waals surface area contributed by atoms with Gasteiger partial charge in [-0.1, -0.05) is 27.3 Å². The van der Waals surface area contributed by atoms with Crippen molar-refractivity contribution in [2.75, 3.05) is 5.32 Å². The molecule has 1 aromatic carbocycles. The van der Waals surface area contributed by atoms with E-state index in [4.69, 9.17) is 4.74 Å². The number of carbonyl (C=O) groups excluding carboxylic acids is 2. The zero-order valence-electron chi connectivity index (χ0n) is 13.9. The summed E-state index contributed by atoms with van der Waals surface area (Å²) in [6.07, 6.45) is 1.58. The molecule has 0 heterocycles. The third-order valence-electron chi connectivity index (χ3n) is 2.53. The van der Waals surface area contributed by atoms with Gasteiger partial charge in [-0.05, 0) is 57.4 Å². The van der Waals surface area contributed by atoms with Gasteiger partial charge in [-0.15, -0.1) is 0 Å². The number of aldehydes is 1. The van der Waals surface area contributed by atoms with Gasteiger partial charge in [-0.25, -0.2) is 4.79 Å². The number of nitrogens with one attached hydrogen (secondary N) is 1. The van der Waals surface area contributed by atoms with Crippen LogP contribution in [0.15, 0.2) is 18.2 Å². The van der Waals surface area contributed by atoms with E-state index in [0.29, 0.717) is 18.5 Å². The number of benzene rings is 1. The highest BCUT2D eigenvalue weighted by Gasteiger charge is 2.16. The number of aryl methyl sites for hydroxylation is 2. The molecule has 0 aliphatic heterocycles. The molecular formula is C18H31NO3. The number of rotatable bonds is 4. The number of carbonyl (C=O) groups is 2. The largest absolute Gasteiger partial charge is 0.444 e. The maximum atomic E-state index is 11.6. The van der Waals surface area contributed by atoms with Gasteiger partial charge in [0.05, 0.1) is 0 Å². The summed E-state index contributed by atoms with van der Waals surface area (Å²) in [7, 11) is 0. The summed E-state index contributed by atoms with van der Waals surface area (Å²) >= 11 is 0. The number of amides is 1. The second kappa shape index (κ2) is 10.8. The molecule has 1 amide bonds. The van der Waals surface area contributed by atoms with Crippen LogP contribution >= 0.6 is 0 Å². The van der Waals surface area contributed by atoms with Gasteiger partial charge in [0.25, 0.3) is 0 Å². The summed E-state index contributed by atoms with van der Waals surface area (Å²) in [5.41, 5.74) is 2.33. The summed E-state index contributed by atoms with van der Waals surface area (Å²) in [6.45, 7) is 11.4. The lowest BCUT2D eigenvalue weighted by Gasteiger charge is -2.20. The van der Waals surface area contributed by atoms with Crippen LogP contribution in [0.3, 0.4) is 0 Å². The van der Waals surface area contributed by atoms with Crippen molar-refractivity contribution in [3.8, 4) is 0 Å². The molecule has 0 aliphatic rings. The van der Waals surface area contributed by atoms with Crippen LogP contribution in [0.2, 0.25) is 0 Å². The summed E-state index contributed by atoms with van der Waals surface area (Å²) in [5, 5.41) is 2.69. The molecule has 0 bridgehead atoms. The first-order valence-corrected chi connectivity index (χ1v) is 7.35. The molecule has 0 aliphatic carbocycles. The van der Waals surface area contributed by atoms with E-state index < -0.39 is 11.7 Å². The Balaban J connectivity index is 0. The van der Waals surface area contributed by atoms with Crippen LogP contribution in [0.1, 0.15) is 59.6 Å². The Morgan fingerprint density at radius 3 is 2.36 bits per heavy atom. The van der Waals surface area contributed by atoms with E-state index in [1.807, 2.05) is 59.7 Å². The van der Waals surface area contributed by atoms with E-state index in [-0.39, 0.29) is 7.43 Å². The number of anilines is 1. The first-order chi connectivity index (χ1) is 9.81. The first kappa shape index (κ1) is 22.4. The van der Waals surface area contributed by atoms with Crippen LogP contribution in [-0.4, -0.2) is 18.0 Å². The molecule has 126 valence electrons. The molecule has 4 nitrogen and oxygen atoms in total. The molecule has 0 unspecified atom stereocenters. The Kier molecular flexibility index (Phi) is 11.0. The molecule has 0 atom stereocenters. The van der Waals surface area contributed by atoms with E-state index in [1.165, 1.54) is 0 Å². The van der Waals surface area contributed by atoms with Crippen molar-refractivity contribution in [2.45, 2.75) is 67.4 Å². The van der Waals surface area contributed by atoms with Gasteiger partial charge in [0.15, 0.2) is 0 Å². The monoisotopic (exact) mass is 309 g/mol. The Morgan fingerprint density at radius 1 is 1.27 bits per heavy atom.